The summed E-state index contributed by atoms with van der Waals surface area (Å²) in [5.74, 6) is 0.469. The van der Waals surface area contributed by atoms with Crippen LogP contribution < -0.4 is 5.73 Å². The lowest BCUT2D eigenvalue weighted by atomic mass is 10.1. The number of anilines is 1. The molecule has 4 heteroatoms. The van der Waals surface area contributed by atoms with Crippen LogP contribution in [0, 0.1) is 6.92 Å². The number of nitrogen functional groups attached to an aromatic ring is 1. The predicted molar refractivity (Wildman–Crippen MR) is 65.0 cm³/mol. The zero-order chi connectivity index (χ0) is 10.8. The molecule has 78 valence electrons. The first-order valence-electron chi connectivity index (χ1n) is 4.67. The molecule has 1 aromatic carbocycles. The molecular weight excluding hydrogens is 206 g/mol. The zero-order valence-corrected chi connectivity index (χ0v) is 9.56. The fourth-order valence-electron chi connectivity index (χ4n) is 1.51. The summed E-state index contributed by atoms with van der Waals surface area (Å²) in [6.07, 6.45) is 2.06. The largest absolute Gasteiger partial charge is 0.369 e. The minimum Gasteiger partial charge on any atom is -0.369 e. The van der Waals surface area contributed by atoms with E-state index in [4.69, 9.17) is 5.73 Å². The van der Waals surface area contributed by atoms with Gasteiger partial charge in [0, 0.05) is 16.2 Å². The van der Waals surface area contributed by atoms with Crippen LogP contribution in [0.2, 0.25) is 0 Å². The van der Waals surface area contributed by atoms with E-state index in [9.17, 15) is 0 Å². The van der Waals surface area contributed by atoms with E-state index >= 15 is 0 Å². The van der Waals surface area contributed by atoms with Gasteiger partial charge in [0.1, 0.15) is 0 Å². The van der Waals surface area contributed by atoms with Gasteiger partial charge in [-0.2, -0.15) is 0 Å². The zero-order valence-electron chi connectivity index (χ0n) is 8.74. The van der Waals surface area contributed by atoms with Crippen molar-refractivity contribution in [3.8, 4) is 11.3 Å². The minimum atomic E-state index is 0.469. The molecule has 3 N–H and O–H groups in total. The Bertz CT molecular complexity index is 459. The number of aromatic nitrogens is 2. The molecule has 0 spiro atoms. The third-order valence-corrected chi connectivity index (χ3v) is 3.01. The number of imidazole rings is 1. The van der Waals surface area contributed by atoms with Crippen LogP contribution in [0.1, 0.15) is 5.69 Å². The Kier molecular flexibility index (Phi) is 2.68. The number of hydrogen-bond donors (Lipinski definition) is 2. The van der Waals surface area contributed by atoms with E-state index in [1.165, 1.54) is 4.90 Å². The molecule has 2 aromatic rings. The van der Waals surface area contributed by atoms with Gasteiger partial charge in [0.2, 0.25) is 0 Å². The number of nitrogens with zero attached hydrogens (tertiary/aromatic N) is 1. The van der Waals surface area contributed by atoms with Gasteiger partial charge in [-0.3, -0.25) is 0 Å². The van der Waals surface area contributed by atoms with E-state index in [1.807, 2.05) is 6.92 Å². The van der Waals surface area contributed by atoms with Crippen LogP contribution in [0.4, 0.5) is 5.95 Å². The summed E-state index contributed by atoms with van der Waals surface area (Å²) in [6.45, 7) is 1.97. The highest BCUT2D eigenvalue weighted by atomic mass is 32.2. The van der Waals surface area contributed by atoms with Gasteiger partial charge in [-0.15, -0.1) is 11.8 Å². The Morgan fingerprint density at radius 3 is 2.40 bits per heavy atom. The molecule has 0 unspecified atom stereocenters. The molecule has 3 nitrogen and oxygen atoms in total. The lowest BCUT2D eigenvalue weighted by Gasteiger charge is -2.00. The SMILES string of the molecule is CSc1ccc(-c2nc(N)[nH]c2C)cc1. The Labute approximate surface area is 93.1 Å². The van der Waals surface area contributed by atoms with Crippen molar-refractivity contribution in [2.24, 2.45) is 0 Å². The van der Waals surface area contributed by atoms with Crippen molar-refractivity contribution in [3.05, 3.63) is 30.0 Å². The summed E-state index contributed by atoms with van der Waals surface area (Å²) in [5.41, 5.74) is 8.63. The topological polar surface area (TPSA) is 54.7 Å². The standard InChI is InChI=1S/C11H13N3S/c1-7-10(14-11(12)13-7)8-3-5-9(15-2)6-4-8/h3-6H,1-2H3,(H3,12,13,14). The number of nitrogens with two attached hydrogens (primary N) is 1. The molecule has 0 fully saturated rings. The lowest BCUT2D eigenvalue weighted by Crippen LogP contribution is -1.85. The van der Waals surface area contributed by atoms with Crippen LogP contribution in [0.25, 0.3) is 11.3 Å². The molecule has 0 radical (unpaired) electrons. The van der Waals surface area contributed by atoms with Crippen molar-refractivity contribution in [2.75, 3.05) is 12.0 Å². The van der Waals surface area contributed by atoms with Crippen molar-refractivity contribution >= 4 is 17.7 Å². The number of aromatic amines is 1. The second kappa shape index (κ2) is 3.98. The van der Waals surface area contributed by atoms with Crippen molar-refractivity contribution in [2.45, 2.75) is 11.8 Å². The second-order valence-corrected chi connectivity index (χ2v) is 4.20. The maximum Gasteiger partial charge on any atom is 0.198 e. The highest BCUT2D eigenvalue weighted by Gasteiger charge is 2.06. The summed E-state index contributed by atoms with van der Waals surface area (Å²) in [4.78, 5) is 8.50. The number of rotatable bonds is 2. The summed E-state index contributed by atoms with van der Waals surface area (Å²) in [5, 5.41) is 0. The Hall–Kier alpha value is -1.42. The average molecular weight is 219 g/mol. The lowest BCUT2D eigenvalue weighted by molar-refractivity contribution is 1.26. The molecule has 0 amide bonds. The van der Waals surface area contributed by atoms with Gasteiger partial charge in [-0.1, -0.05) is 12.1 Å². The second-order valence-electron chi connectivity index (χ2n) is 3.32. The molecule has 0 aliphatic rings. The molecule has 0 bridgehead atoms. The molecular formula is C11H13N3S. The number of thioether (sulfide) groups is 1. The summed E-state index contributed by atoms with van der Waals surface area (Å²) in [7, 11) is 0. The summed E-state index contributed by atoms with van der Waals surface area (Å²) >= 11 is 1.73. The van der Waals surface area contributed by atoms with Crippen molar-refractivity contribution in [1.82, 2.24) is 9.97 Å². The number of nitrogens with one attached hydrogen (secondary N) is 1. The van der Waals surface area contributed by atoms with Crippen molar-refractivity contribution in [3.63, 3.8) is 0 Å². The molecule has 0 aliphatic heterocycles. The molecule has 0 aliphatic carbocycles. The fourth-order valence-corrected chi connectivity index (χ4v) is 1.92. The minimum absolute atomic E-state index is 0.469. The third-order valence-electron chi connectivity index (χ3n) is 2.27. The smallest absolute Gasteiger partial charge is 0.198 e. The highest BCUT2D eigenvalue weighted by Crippen LogP contribution is 2.24. The van der Waals surface area contributed by atoms with Gasteiger partial charge >= 0.3 is 0 Å². The normalized spacial score (nSPS) is 10.5. The van der Waals surface area contributed by atoms with Gasteiger partial charge in [-0.05, 0) is 25.3 Å². The van der Waals surface area contributed by atoms with E-state index in [0.717, 1.165) is 17.0 Å². The first-order valence-corrected chi connectivity index (χ1v) is 5.89. The van der Waals surface area contributed by atoms with Gasteiger partial charge in [-0.25, -0.2) is 4.98 Å². The first kappa shape index (κ1) is 10.1. The number of H-pyrrole nitrogens is 1. The molecule has 0 atom stereocenters. The number of hydrogen-bond acceptors (Lipinski definition) is 3. The maximum atomic E-state index is 5.60. The Morgan fingerprint density at radius 2 is 1.93 bits per heavy atom. The fraction of sp³-hybridized carbons (Fsp3) is 0.182. The van der Waals surface area contributed by atoms with Crippen LogP contribution in [0.15, 0.2) is 29.2 Å². The number of aryl methyl sites for hydroxylation is 1. The molecule has 15 heavy (non-hydrogen) atoms. The Morgan fingerprint density at radius 1 is 1.27 bits per heavy atom. The highest BCUT2D eigenvalue weighted by molar-refractivity contribution is 7.98. The van der Waals surface area contributed by atoms with Gasteiger partial charge < -0.3 is 10.7 Å². The number of benzene rings is 1. The van der Waals surface area contributed by atoms with Crippen molar-refractivity contribution in [1.29, 1.82) is 0 Å². The third kappa shape index (κ3) is 1.99. The predicted octanol–water partition coefficient (Wildman–Crippen LogP) is 2.69. The maximum absolute atomic E-state index is 5.60. The molecule has 1 heterocycles. The van der Waals surface area contributed by atoms with Crippen LogP contribution in [0.5, 0.6) is 0 Å². The van der Waals surface area contributed by atoms with Crippen LogP contribution in [0.3, 0.4) is 0 Å². The van der Waals surface area contributed by atoms with Crippen molar-refractivity contribution < 1.29 is 0 Å². The molecule has 2 rings (SSSR count). The van der Waals surface area contributed by atoms with Crippen LogP contribution >= 0.6 is 11.8 Å². The molecule has 0 saturated heterocycles. The van der Waals surface area contributed by atoms with E-state index in [1.54, 1.807) is 11.8 Å². The van der Waals surface area contributed by atoms with Gasteiger partial charge in [0.25, 0.3) is 0 Å². The van der Waals surface area contributed by atoms with Crippen LogP contribution in [-0.2, 0) is 0 Å². The first-order chi connectivity index (χ1) is 7.20. The average Bonchev–Trinajstić information content (AvgIpc) is 2.58. The van der Waals surface area contributed by atoms with Crippen LogP contribution in [-0.4, -0.2) is 16.2 Å². The van der Waals surface area contributed by atoms with E-state index in [2.05, 4.69) is 40.5 Å². The van der Waals surface area contributed by atoms with Gasteiger partial charge in [0.05, 0.1) is 5.69 Å². The van der Waals surface area contributed by atoms with E-state index < -0.39 is 0 Å². The molecule has 1 aromatic heterocycles. The summed E-state index contributed by atoms with van der Waals surface area (Å²) in [6, 6.07) is 8.30. The Balaban J connectivity index is 2.41. The quantitative estimate of drug-likeness (QED) is 0.763. The van der Waals surface area contributed by atoms with Gasteiger partial charge in [0.15, 0.2) is 5.95 Å². The monoisotopic (exact) mass is 219 g/mol. The van der Waals surface area contributed by atoms with E-state index in [0.29, 0.717) is 5.95 Å². The van der Waals surface area contributed by atoms with E-state index in [-0.39, 0.29) is 0 Å². The summed E-state index contributed by atoms with van der Waals surface area (Å²) < 4.78 is 0. The molecule has 0 saturated carbocycles.